The normalized spacial score (nSPS) is 21.9. The summed E-state index contributed by atoms with van der Waals surface area (Å²) < 4.78 is 27.1. The van der Waals surface area contributed by atoms with Gasteiger partial charge in [-0.1, -0.05) is 6.42 Å². The van der Waals surface area contributed by atoms with Crippen molar-refractivity contribution >= 4 is 10.2 Å². The van der Waals surface area contributed by atoms with Crippen LogP contribution in [0.3, 0.4) is 0 Å². The average Bonchev–Trinajstić information content (AvgIpc) is 2.28. The van der Waals surface area contributed by atoms with Crippen molar-refractivity contribution in [1.29, 1.82) is 0 Å². The Hall–Kier alpha value is -0.170. The van der Waals surface area contributed by atoms with Crippen LogP contribution in [0.4, 0.5) is 0 Å². The molecule has 1 atom stereocenters. The summed E-state index contributed by atoms with van der Waals surface area (Å²) in [7, 11) is -1.69. The summed E-state index contributed by atoms with van der Waals surface area (Å²) in [6, 6.07) is -0.142. The number of nitrogens with two attached hydrogens (primary N) is 1. The Morgan fingerprint density at radius 1 is 1.33 bits per heavy atom. The second-order valence-electron chi connectivity index (χ2n) is 4.07. The van der Waals surface area contributed by atoms with Crippen molar-refractivity contribution in [2.75, 3.05) is 26.7 Å². The third-order valence-electron chi connectivity index (χ3n) is 2.97. The summed E-state index contributed by atoms with van der Waals surface area (Å²) in [5.41, 5.74) is 5.47. The van der Waals surface area contributed by atoms with Gasteiger partial charge in [-0.3, -0.25) is 0 Å². The second kappa shape index (κ2) is 5.25. The summed E-state index contributed by atoms with van der Waals surface area (Å²) >= 11 is 0. The van der Waals surface area contributed by atoms with E-state index < -0.39 is 10.2 Å². The number of piperidine rings is 1. The highest BCUT2D eigenvalue weighted by atomic mass is 32.2. The molecule has 0 aromatic heterocycles. The van der Waals surface area contributed by atoms with Gasteiger partial charge in [-0.25, -0.2) is 0 Å². The quantitative estimate of drug-likeness (QED) is 0.745. The van der Waals surface area contributed by atoms with Gasteiger partial charge in [0, 0.05) is 32.7 Å². The average molecular weight is 235 g/mol. The number of hydrogen-bond donors (Lipinski definition) is 1. The zero-order chi connectivity index (χ0) is 11.5. The largest absolute Gasteiger partial charge is 0.329 e. The highest BCUT2D eigenvalue weighted by Crippen LogP contribution is 2.16. The molecular weight excluding hydrogens is 214 g/mol. The van der Waals surface area contributed by atoms with Crippen molar-refractivity contribution in [1.82, 2.24) is 8.61 Å². The van der Waals surface area contributed by atoms with E-state index in [0.717, 1.165) is 19.3 Å². The monoisotopic (exact) mass is 235 g/mol. The third-order valence-corrected chi connectivity index (χ3v) is 5.07. The zero-order valence-corrected chi connectivity index (χ0v) is 10.3. The summed E-state index contributed by atoms with van der Waals surface area (Å²) in [6.45, 7) is 3.46. The minimum absolute atomic E-state index is 0.142. The maximum absolute atomic E-state index is 12.1. The van der Waals surface area contributed by atoms with Gasteiger partial charge in [-0.2, -0.15) is 17.0 Å². The fourth-order valence-corrected chi connectivity index (χ4v) is 3.28. The Labute approximate surface area is 92.4 Å². The van der Waals surface area contributed by atoms with E-state index in [-0.39, 0.29) is 6.04 Å². The van der Waals surface area contributed by atoms with Gasteiger partial charge in [0.05, 0.1) is 0 Å². The van der Waals surface area contributed by atoms with Crippen molar-refractivity contribution in [2.24, 2.45) is 5.73 Å². The first kappa shape index (κ1) is 12.9. The summed E-state index contributed by atoms with van der Waals surface area (Å²) in [5.74, 6) is 0. The molecule has 0 saturated carbocycles. The molecule has 90 valence electrons. The molecule has 0 amide bonds. The second-order valence-corrected chi connectivity index (χ2v) is 6.06. The molecule has 1 fully saturated rings. The van der Waals surface area contributed by atoms with E-state index in [4.69, 9.17) is 5.73 Å². The van der Waals surface area contributed by atoms with Crippen molar-refractivity contribution in [3.63, 3.8) is 0 Å². The van der Waals surface area contributed by atoms with Gasteiger partial charge >= 0.3 is 0 Å². The minimum atomic E-state index is -3.29. The molecule has 6 heteroatoms. The molecule has 0 radical (unpaired) electrons. The lowest BCUT2D eigenvalue weighted by atomic mass is 10.2. The Bertz CT molecular complexity index is 278. The van der Waals surface area contributed by atoms with Gasteiger partial charge in [0.1, 0.15) is 0 Å². The van der Waals surface area contributed by atoms with Crippen molar-refractivity contribution in [3.05, 3.63) is 0 Å². The smallest absolute Gasteiger partial charge is 0.282 e. The summed E-state index contributed by atoms with van der Waals surface area (Å²) in [4.78, 5) is 0. The van der Waals surface area contributed by atoms with E-state index >= 15 is 0 Å². The molecule has 0 spiro atoms. The molecule has 0 aromatic rings. The van der Waals surface area contributed by atoms with Crippen LogP contribution in [0.25, 0.3) is 0 Å². The molecule has 1 rings (SSSR count). The first-order valence-corrected chi connectivity index (χ1v) is 6.83. The molecule has 2 N–H and O–H groups in total. The molecule has 0 aliphatic carbocycles. The first-order valence-electron chi connectivity index (χ1n) is 5.43. The highest BCUT2D eigenvalue weighted by Gasteiger charge is 2.30. The molecule has 0 bridgehead atoms. The standard InChI is InChI=1S/C9H21N3O2S/c1-9(8-10)11(2)15(13,14)12-6-4-3-5-7-12/h9H,3-8,10H2,1-2H3. The van der Waals surface area contributed by atoms with Crippen LogP contribution in [0.5, 0.6) is 0 Å². The molecular formula is C9H21N3O2S. The third kappa shape index (κ3) is 2.90. The van der Waals surface area contributed by atoms with Gasteiger partial charge in [0.15, 0.2) is 0 Å². The van der Waals surface area contributed by atoms with Crippen LogP contribution in [-0.4, -0.2) is 49.8 Å². The van der Waals surface area contributed by atoms with Crippen LogP contribution in [0, 0.1) is 0 Å². The van der Waals surface area contributed by atoms with Gasteiger partial charge in [-0.05, 0) is 19.8 Å². The van der Waals surface area contributed by atoms with Crippen LogP contribution in [0.15, 0.2) is 0 Å². The van der Waals surface area contributed by atoms with Crippen molar-refractivity contribution < 1.29 is 8.42 Å². The molecule has 15 heavy (non-hydrogen) atoms. The zero-order valence-electron chi connectivity index (χ0n) is 9.52. The molecule has 0 aromatic carbocycles. The van der Waals surface area contributed by atoms with Crippen molar-refractivity contribution in [3.8, 4) is 0 Å². The lowest BCUT2D eigenvalue weighted by molar-refractivity contribution is 0.298. The molecule has 5 nitrogen and oxygen atoms in total. The van der Waals surface area contributed by atoms with Crippen LogP contribution >= 0.6 is 0 Å². The van der Waals surface area contributed by atoms with E-state index in [9.17, 15) is 8.42 Å². The first-order chi connectivity index (χ1) is 7.00. The van der Waals surface area contributed by atoms with Gasteiger partial charge < -0.3 is 5.73 Å². The highest BCUT2D eigenvalue weighted by molar-refractivity contribution is 7.86. The van der Waals surface area contributed by atoms with E-state index in [2.05, 4.69) is 0 Å². The Kier molecular flexibility index (Phi) is 4.51. The Morgan fingerprint density at radius 2 is 1.87 bits per heavy atom. The summed E-state index contributed by atoms with van der Waals surface area (Å²) in [6.07, 6.45) is 3.05. The van der Waals surface area contributed by atoms with Crippen LogP contribution in [-0.2, 0) is 10.2 Å². The van der Waals surface area contributed by atoms with E-state index in [0.29, 0.717) is 19.6 Å². The fourth-order valence-electron chi connectivity index (χ4n) is 1.65. The molecule has 1 aliphatic rings. The van der Waals surface area contributed by atoms with E-state index in [1.165, 1.54) is 4.31 Å². The summed E-state index contributed by atoms with van der Waals surface area (Å²) in [5, 5.41) is 0. The molecule has 1 unspecified atom stereocenters. The fraction of sp³-hybridized carbons (Fsp3) is 1.00. The van der Waals surface area contributed by atoms with Crippen molar-refractivity contribution in [2.45, 2.75) is 32.2 Å². The number of rotatable bonds is 4. The predicted octanol–water partition coefficient (Wildman–Crippen LogP) is -0.00390. The minimum Gasteiger partial charge on any atom is -0.329 e. The van der Waals surface area contributed by atoms with Gasteiger partial charge in [-0.15, -0.1) is 0 Å². The SMILES string of the molecule is CC(CN)N(C)S(=O)(=O)N1CCCCC1. The van der Waals surface area contributed by atoms with Gasteiger partial charge in [0.25, 0.3) is 10.2 Å². The molecule has 1 heterocycles. The van der Waals surface area contributed by atoms with E-state index in [1.54, 1.807) is 11.4 Å². The number of likely N-dealkylation sites (N-methyl/N-ethyl adjacent to an activating group) is 1. The molecule has 1 saturated heterocycles. The lowest BCUT2D eigenvalue weighted by Crippen LogP contribution is -2.49. The predicted molar refractivity (Wildman–Crippen MR) is 60.6 cm³/mol. The molecule has 1 aliphatic heterocycles. The maximum atomic E-state index is 12.1. The lowest BCUT2D eigenvalue weighted by Gasteiger charge is -2.32. The number of nitrogens with zero attached hydrogens (tertiary/aromatic N) is 2. The maximum Gasteiger partial charge on any atom is 0.282 e. The number of hydrogen-bond acceptors (Lipinski definition) is 3. The van der Waals surface area contributed by atoms with Crippen LogP contribution in [0.1, 0.15) is 26.2 Å². The van der Waals surface area contributed by atoms with E-state index in [1.807, 2.05) is 6.92 Å². The Morgan fingerprint density at radius 3 is 2.33 bits per heavy atom. The topological polar surface area (TPSA) is 66.6 Å². The Balaban J connectivity index is 2.72. The van der Waals surface area contributed by atoms with Crippen LogP contribution < -0.4 is 5.73 Å². The van der Waals surface area contributed by atoms with Crippen LogP contribution in [0.2, 0.25) is 0 Å². The van der Waals surface area contributed by atoms with Gasteiger partial charge in [0.2, 0.25) is 0 Å².